The second-order valence-electron chi connectivity index (χ2n) is 7.60. The molecular formula is C24H21F3N2O3. The Kier molecular flexibility index (Phi) is 6.14. The molecule has 1 aliphatic heterocycles. The number of pyridine rings is 1. The van der Waals surface area contributed by atoms with E-state index in [1.165, 1.54) is 6.07 Å². The lowest BCUT2D eigenvalue weighted by Crippen LogP contribution is -2.25. The number of aliphatic hydroxyl groups is 1. The topological polar surface area (TPSA) is 62.7 Å². The first kappa shape index (κ1) is 21.8. The summed E-state index contributed by atoms with van der Waals surface area (Å²) in [6, 6.07) is 15.2. The molecule has 1 fully saturated rings. The van der Waals surface area contributed by atoms with Crippen LogP contribution in [0.3, 0.4) is 0 Å². The number of aromatic nitrogens is 1. The molecule has 3 aromatic rings. The summed E-state index contributed by atoms with van der Waals surface area (Å²) in [5.74, 6) is 0.154. The van der Waals surface area contributed by atoms with Gasteiger partial charge in [-0.2, -0.15) is 13.2 Å². The maximum atomic E-state index is 12.7. The number of aliphatic hydroxyl groups excluding tert-OH is 1. The molecule has 4 rings (SSSR count). The van der Waals surface area contributed by atoms with Crippen LogP contribution < -0.4 is 9.64 Å². The zero-order valence-corrected chi connectivity index (χ0v) is 17.0. The summed E-state index contributed by atoms with van der Waals surface area (Å²) in [6.45, 7) is 1.08. The number of nitrogens with zero attached hydrogens (tertiary/aromatic N) is 2. The highest BCUT2D eigenvalue weighted by Gasteiger charge is 2.31. The molecule has 1 unspecified atom stereocenters. The fraction of sp³-hybridized carbons (Fsp3) is 0.250. The fourth-order valence-electron chi connectivity index (χ4n) is 3.79. The minimum absolute atomic E-state index is 0.141. The van der Waals surface area contributed by atoms with Crippen LogP contribution in [0.5, 0.6) is 5.88 Å². The Labute approximate surface area is 183 Å². The highest BCUT2D eigenvalue weighted by Crippen LogP contribution is 2.32. The van der Waals surface area contributed by atoms with Crippen LogP contribution in [-0.4, -0.2) is 35.6 Å². The lowest BCUT2D eigenvalue weighted by atomic mass is 10.0. The van der Waals surface area contributed by atoms with E-state index in [1.807, 2.05) is 30.3 Å². The maximum absolute atomic E-state index is 12.7. The average molecular weight is 442 g/mol. The van der Waals surface area contributed by atoms with Crippen molar-refractivity contribution in [3.8, 4) is 17.0 Å². The Hall–Kier alpha value is -3.39. The molecule has 0 radical (unpaired) electrons. The molecule has 166 valence electrons. The van der Waals surface area contributed by atoms with Crippen molar-refractivity contribution in [2.45, 2.75) is 25.3 Å². The van der Waals surface area contributed by atoms with Crippen LogP contribution in [0.25, 0.3) is 11.1 Å². The second-order valence-corrected chi connectivity index (χ2v) is 7.60. The zero-order chi connectivity index (χ0) is 22.7. The van der Waals surface area contributed by atoms with E-state index >= 15 is 0 Å². The van der Waals surface area contributed by atoms with Crippen molar-refractivity contribution >= 4 is 12.0 Å². The Bertz CT molecular complexity index is 1080. The number of halogens is 3. The number of ether oxygens (including phenoxy) is 1. The van der Waals surface area contributed by atoms with Crippen molar-refractivity contribution in [1.82, 2.24) is 4.98 Å². The summed E-state index contributed by atoms with van der Waals surface area (Å²) in [7, 11) is 0. The van der Waals surface area contributed by atoms with Gasteiger partial charge in [0.25, 0.3) is 0 Å². The quantitative estimate of drug-likeness (QED) is 0.560. The standard InChI is InChI=1S/C24H21F3N2O3/c25-24(26,27)20-6-8-23(28-12-20)32-21-9-10-29(13-21)22-7-5-18(11-19(22)15-31)17-3-1-16(14-30)2-4-17/h1-8,11-12,14,21,31H,9-10,13,15H2. The molecule has 1 atom stereocenters. The van der Waals surface area contributed by atoms with Crippen LogP contribution in [0.15, 0.2) is 60.8 Å². The van der Waals surface area contributed by atoms with E-state index in [1.54, 1.807) is 12.1 Å². The summed E-state index contributed by atoms with van der Waals surface area (Å²) in [5, 5.41) is 9.92. The number of carbonyl (C=O) groups excluding carboxylic acids is 1. The molecule has 2 heterocycles. The molecule has 1 N–H and O–H groups in total. The highest BCUT2D eigenvalue weighted by atomic mass is 19.4. The first-order valence-corrected chi connectivity index (χ1v) is 10.1. The summed E-state index contributed by atoms with van der Waals surface area (Å²) >= 11 is 0. The van der Waals surface area contributed by atoms with Crippen molar-refractivity contribution in [3.05, 3.63) is 77.5 Å². The van der Waals surface area contributed by atoms with Gasteiger partial charge in [0.15, 0.2) is 0 Å². The third-order valence-corrected chi connectivity index (χ3v) is 5.47. The Morgan fingerprint density at radius 3 is 2.47 bits per heavy atom. The minimum atomic E-state index is -4.43. The van der Waals surface area contributed by atoms with Crippen LogP contribution in [-0.2, 0) is 12.8 Å². The molecular weight excluding hydrogens is 421 g/mol. The highest BCUT2D eigenvalue weighted by molar-refractivity contribution is 5.77. The Morgan fingerprint density at radius 1 is 1.09 bits per heavy atom. The van der Waals surface area contributed by atoms with Crippen LogP contribution >= 0.6 is 0 Å². The number of hydrogen-bond donors (Lipinski definition) is 1. The number of anilines is 1. The van der Waals surface area contributed by atoms with Gasteiger partial charge in [0, 0.05) is 42.0 Å². The van der Waals surface area contributed by atoms with Gasteiger partial charge in [0.05, 0.1) is 18.7 Å². The molecule has 5 nitrogen and oxygen atoms in total. The van der Waals surface area contributed by atoms with Gasteiger partial charge in [-0.1, -0.05) is 30.3 Å². The van der Waals surface area contributed by atoms with E-state index in [2.05, 4.69) is 9.88 Å². The number of aldehydes is 1. The summed E-state index contributed by atoms with van der Waals surface area (Å²) < 4.78 is 43.8. The van der Waals surface area contributed by atoms with Gasteiger partial charge >= 0.3 is 6.18 Å². The van der Waals surface area contributed by atoms with Gasteiger partial charge in [-0.05, 0) is 29.3 Å². The van der Waals surface area contributed by atoms with E-state index in [0.29, 0.717) is 25.1 Å². The van der Waals surface area contributed by atoms with Crippen LogP contribution in [0, 0.1) is 0 Å². The average Bonchev–Trinajstić information content (AvgIpc) is 3.26. The van der Waals surface area contributed by atoms with Crippen LogP contribution in [0.2, 0.25) is 0 Å². The Balaban J connectivity index is 1.45. The molecule has 0 spiro atoms. The van der Waals surface area contributed by atoms with E-state index in [-0.39, 0.29) is 18.6 Å². The molecule has 0 amide bonds. The van der Waals surface area contributed by atoms with E-state index < -0.39 is 11.7 Å². The van der Waals surface area contributed by atoms with Gasteiger partial charge in [-0.25, -0.2) is 4.98 Å². The zero-order valence-electron chi connectivity index (χ0n) is 17.0. The molecule has 0 bridgehead atoms. The van der Waals surface area contributed by atoms with E-state index in [9.17, 15) is 23.1 Å². The van der Waals surface area contributed by atoms with Crippen molar-refractivity contribution < 1.29 is 27.8 Å². The lowest BCUT2D eigenvalue weighted by molar-refractivity contribution is -0.137. The minimum Gasteiger partial charge on any atom is -0.472 e. The molecule has 1 aliphatic rings. The van der Waals surface area contributed by atoms with Crippen molar-refractivity contribution in [2.24, 2.45) is 0 Å². The van der Waals surface area contributed by atoms with Gasteiger partial charge in [-0.15, -0.1) is 0 Å². The molecule has 0 aliphatic carbocycles. The Morgan fingerprint density at radius 2 is 1.84 bits per heavy atom. The molecule has 8 heteroatoms. The van der Waals surface area contributed by atoms with E-state index in [4.69, 9.17) is 4.74 Å². The largest absolute Gasteiger partial charge is 0.472 e. The third kappa shape index (κ3) is 4.75. The third-order valence-electron chi connectivity index (χ3n) is 5.47. The fourth-order valence-corrected chi connectivity index (χ4v) is 3.79. The molecule has 0 saturated carbocycles. The smallest absolute Gasteiger partial charge is 0.417 e. The summed E-state index contributed by atoms with van der Waals surface area (Å²) in [4.78, 5) is 16.7. The van der Waals surface area contributed by atoms with Gasteiger partial charge in [0.1, 0.15) is 12.4 Å². The van der Waals surface area contributed by atoms with Crippen molar-refractivity contribution in [2.75, 3.05) is 18.0 Å². The first-order valence-electron chi connectivity index (χ1n) is 10.1. The van der Waals surface area contributed by atoms with Crippen LogP contribution in [0.1, 0.15) is 27.9 Å². The molecule has 2 aromatic carbocycles. The maximum Gasteiger partial charge on any atom is 0.417 e. The predicted octanol–water partition coefficient (Wildman–Crippen LogP) is 4.73. The molecule has 32 heavy (non-hydrogen) atoms. The SMILES string of the molecule is O=Cc1ccc(-c2ccc(N3CCC(Oc4ccc(C(F)(F)F)cn4)C3)c(CO)c2)cc1. The lowest BCUT2D eigenvalue weighted by Gasteiger charge is -2.22. The second kappa shape index (κ2) is 9.00. The summed E-state index contributed by atoms with van der Waals surface area (Å²) in [6.07, 6.45) is -2.41. The summed E-state index contributed by atoms with van der Waals surface area (Å²) in [5.41, 5.74) is 3.29. The van der Waals surface area contributed by atoms with Crippen LogP contribution in [0.4, 0.5) is 18.9 Å². The number of carbonyl (C=O) groups is 1. The number of hydrogen-bond acceptors (Lipinski definition) is 5. The number of benzene rings is 2. The molecule has 1 saturated heterocycles. The van der Waals surface area contributed by atoms with Gasteiger partial charge in [0.2, 0.25) is 5.88 Å². The van der Waals surface area contributed by atoms with Crippen molar-refractivity contribution in [3.63, 3.8) is 0 Å². The molecule has 1 aromatic heterocycles. The van der Waals surface area contributed by atoms with Gasteiger partial charge < -0.3 is 14.7 Å². The monoisotopic (exact) mass is 442 g/mol. The van der Waals surface area contributed by atoms with Gasteiger partial charge in [-0.3, -0.25) is 4.79 Å². The normalized spacial score (nSPS) is 16.2. The van der Waals surface area contributed by atoms with E-state index in [0.717, 1.165) is 40.9 Å². The number of rotatable bonds is 6. The van der Waals surface area contributed by atoms with Crippen molar-refractivity contribution in [1.29, 1.82) is 0 Å². The number of alkyl halides is 3. The predicted molar refractivity (Wildman–Crippen MR) is 114 cm³/mol. The first-order chi connectivity index (χ1) is 15.4.